The molecule has 1 saturated carbocycles. The van der Waals surface area contributed by atoms with Gasteiger partial charge in [-0.2, -0.15) is 0 Å². The number of likely N-dealkylation sites (N-methyl/N-ethyl adjacent to an activating group) is 1. The van der Waals surface area contributed by atoms with Crippen molar-refractivity contribution in [1.82, 2.24) is 10.2 Å². The van der Waals surface area contributed by atoms with E-state index in [0.717, 1.165) is 23.8 Å². The first kappa shape index (κ1) is 17.3. The van der Waals surface area contributed by atoms with Crippen LogP contribution in [0.4, 0.5) is 0 Å². The molecular weight excluding hydrogens is 256 g/mol. The summed E-state index contributed by atoms with van der Waals surface area (Å²) in [6.07, 6.45) is 6.88. The van der Waals surface area contributed by atoms with Gasteiger partial charge in [0.2, 0.25) is 0 Å². The molecule has 0 radical (unpaired) electrons. The van der Waals surface area contributed by atoms with E-state index < -0.39 is 0 Å². The van der Waals surface area contributed by atoms with Crippen molar-refractivity contribution in [1.29, 1.82) is 0 Å². The summed E-state index contributed by atoms with van der Waals surface area (Å²) in [4.78, 5) is 2.83. The zero-order valence-corrected chi connectivity index (χ0v) is 15.3. The van der Waals surface area contributed by atoms with Crippen molar-refractivity contribution < 1.29 is 0 Å². The van der Waals surface area contributed by atoms with Gasteiger partial charge in [-0.05, 0) is 55.9 Å². The maximum absolute atomic E-state index is 3.63. The minimum atomic E-state index is 0.504. The molecule has 2 heteroatoms. The highest BCUT2D eigenvalue weighted by atomic mass is 15.2. The standard InChI is InChI=1S/C19H38N2/c1-7-19(4,5)16-8-9-17(20-6)18(11-16)21-12-14(2)10-15(3)13-21/h14-18,20H,7-13H2,1-6H3. The molecule has 0 amide bonds. The van der Waals surface area contributed by atoms with Crippen LogP contribution in [-0.4, -0.2) is 37.1 Å². The van der Waals surface area contributed by atoms with Crippen molar-refractivity contribution in [3.63, 3.8) is 0 Å². The summed E-state index contributed by atoms with van der Waals surface area (Å²) in [5, 5.41) is 3.63. The Balaban J connectivity index is 2.09. The molecule has 0 aromatic heterocycles. The monoisotopic (exact) mass is 294 g/mol. The molecule has 1 aliphatic carbocycles. The van der Waals surface area contributed by atoms with Crippen molar-refractivity contribution in [2.45, 2.75) is 78.8 Å². The Hall–Kier alpha value is -0.0800. The summed E-state index contributed by atoms with van der Waals surface area (Å²) >= 11 is 0. The van der Waals surface area contributed by atoms with Crippen LogP contribution in [0.1, 0.15) is 66.7 Å². The van der Waals surface area contributed by atoms with Gasteiger partial charge < -0.3 is 5.32 Å². The maximum Gasteiger partial charge on any atom is 0.0252 e. The normalized spacial score (nSPS) is 39.4. The van der Waals surface area contributed by atoms with Crippen LogP contribution in [0.3, 0.4) is 0 Å². The molecule has 21 heavy (non-hydrogen) atoms. The Bertz CT molecular complexity index is 316. The molecule has 5 atom stereocenters. The summed E-state index contributed by atoms with van der Waals surface area (Å²) < 4.78 is 0. The van der Waals surface area contributed by atoms with Crippen LogP contribution in [0.25, 0.3) is 0 Å². The minimum Gasteiger partial charge on any atom is -0.315 e. The summed E-state index contributed by atoms with van der Waals surface area (Å²) in [6, 6.07) is 1.45. The smallest absolute Gasteiger partial charge is 0.0252 e. The lowest BCUT2D eigenvalue weighted by Gasteiger charge is -2.49. The third-order valence-corrected chi connectivity index (χ3v) is 6.57. The van der Waals surface area contributed by atoms with E-state index in [-0.39, 0.29) is 0 Å². The topological polar surface area (TPSA) is 15.3 Å². The number of hydrogen-bond donors (Lipinski definition) is 1. The van der Waals surface area contributed by atoms with Crippen LogP contribution in [0.15, 0.2) is 0 Å². The molecule has 2 nitrogen and oxygen atoms in total. The maximum atomic E-state index is 3.63. The minimum absolute atomic E-state index is 0.504. The zero-order chi connectivity index (χ0) is 15.6. The van der Waals surface area contributed by atoms with Gasteiger partial charge >= 0.3 is 0 Å². The molecular formula is C19H38N2. The zero-order valence-electron chi connectivity index (χ0n) is 15.3. The van der Waals surface area contributed by atoms with Crippen molar-refractivity contribution in [2.24, 2.45) is 23.2 Å². The molecule has 2 rings (SSSR count). The molecule has 1 heterocycles. The molecule has 124 valence electrons. The molecule has 0 spiro atoms. The van der Waals surface area contributed by atoms with Crippen molar-refractivity contribution in [3.05, 3.63) is 0 Å². The Morgan fingerprint density at radius 3 is 2.19 bits per heavy atom. The molecule has 0 bridgehead atoms. The van der Waals surface area contributed by atoms with E-state index in [4.69, 9.17) is 0 Å². The predicted octanol–water partition coefficient (Wildman–Crippen LogP) is 4.16. The van der Waals surface area contributed by atoms with Gasteiger partial charge in [-0.3, -0.25) is 4.90 Å². The summed E-state index contributed by atoms with van der Waals surface area (Å²) in [6.45, 7) is 14.8. The Morgan fingerprint density at radius 1 is 1.05 bits per heavy atom. The largest absolute Gasteiger partial charge is 0.315 e. The molecule has 1 saturated heterocycles. The van der Waals surface area contributed by atoms with E-state index in [1.165, 1.54) is 45.2 Å². The lowest BCUT2D eigenvalue weighted by Crippen LogP contribution is -2.57. The van der Waals surface area contributed by atoms with E-state index in [1.54, 1.807) is 0 Å². The molecule has 0 aromatic carbocycles. The third-order valence-electron chi connectivity index (χ3n) is 6.57. The summed E-state index contributed by atoms with van der Waals surface area (Å²) in [7, 11) is 2.17. The Morgan fingerprint density at radius 2 is 1.67 bits per heavy atom. The third kappa shape index (κ3) is 4.01. The highest BCUT2D eigenvalue weighted by Gasteiger charge is 2.40. The fraction of sp³-hybridized carbons (Fsp3) is 1.00. The van der Waals surface area contributed by atoms with Gasteiger partial charge in [0.25, 0.3) is 0 Å². The lowest BCUT2D eigenvalue weighted by molar-refractivity contribution is 0.0181. The second-order valence-corrected chi connectivity index (χ2v) is 8.71. The average Bonchev–Trinajstić information content (AvgIpc) is 2.45. The first-order chi connectivity index (χ1) is 9.87. The van der Waals surface area contributed by atoms with Crippen LogP contribution >= 0.6 is 0 Å². The number of piperidine rings is 1. The highest BCUT2D eigenvalue weighted by Crippen LogP contribution is 2.42. The van der Waals surface area contributed by atoms with Gasteiger partial charge in [-0.25, -0.2) is 0 Å². The van der Waals surface area contributed by atoms with E-state index in [2.05, 4.69) is 51.9 Å². The van der Waals surface area contributed by atoms with Crippen LogP contribution < -0.4 is 5.32 Å². The van der Waals surface area contributed by atoms with Crippen LogP contribution in [0.5, 0.6) is 0 Å². The van der Waals surface area contributed by atoms with Gasteiger partial charge in [0.05, 0.1) is 0 Å². The lowest BCUT2D eigenvalue weighted by atomic mass is 9.67. The van der Waals surface area contributed by atoms with Gasteiger partial charge in [0, 0.05) is 25.2 Å². The quantitative estimate of drug-likeness (QED) is 0.837. The Kier molecular flexibility index (Phi) is 5.76. The van der Waals surface area contributed by atoms with E-state index in [1.807, 2.05) is 0 Å². The van der Waals surface area contributed by atoms with E-state index in [9.17, 15) is 0 Å². The van der Waals surface area contributed by atoms with Crippen LogP contribution in [0, 0.1) is 23.2 Å². The van der Waals surface area contributed by atoms with Gasteiger partial charge in [0.1, 0.15) is 0 Å². The fourth-order valence-corrected chi connectivity index (χ4v) is 4.87. The average molecular weight is 295 g/mol. The second-order valence-electron chi connectivity index (χ2n) is 8.71. The SMILES string of the molecule is CCC(C)(C)C1CCC(NC)C(N2CC(C)CC(C)C2)C1. The fourth-order valence-electron chi connectivity index (χ4n) is 4.87. The molecule has 2 fully saturated rings. The van der Waals surface area contributed by atoms with Gasteiger partial charge in [-0.1, -0.05) is 41.0 Å². The molecule has 5 unspecified atom stereocenters. The first-order valence-electron chi connectivity index (χ1n) is 9.28. The van der Waals surface area contributed by atoms with Crippen LogP contribution in [0.2, 0.25) is 0 Å². The molecule has 2 aliphatic rings. The number of hydrogen-bond acceptors (Lipinski definition) is 2. The molecule has 1 aliphatic heterocycles. The first-order valence-corrected chi connectivity index (χ1v) is 9.28. The van der Waals surface area contributed by atoms with Gasteiger partial charge in [-0.15, -0.1) is 0 Å². The molecule has 0 aromatic rings. The van der Waals surface area contributed by atoms with Crippen molar-refractivity contribution >= 4 is 0 Å². The predicted molar refractivity (Wildman–Crippen MR) is 92.6 cm³/mol. The van der Waals surface area contributed by atoms with Gasteiger partial charge in [0.15, 0.2) is 0 Å². The number of nitrogens with zero attached hydrogens (tertiary/aromatic N) is 1. The highest BCUT2D eigenvalue weighted by molar-refractivity contribution is 4.96. The summed E-state index contributed by atoms with van der Waals surface area (Å²) in [5.41, 5.74) is 0.504. The van der Waals surface area contributed by atoms with Crippen molar-refractivity contribution in [3.8, 4) is 0 Å². The van der Waals surface area contributed by atoms with E-state index >= 15 is 0 Å². The Labute approximate surface area is 133 Å². The summed E-state index contributed by atoms with van der Waals surface area (Å²) in [5.74, 6) is 2.63. The number of rotatable bonds is 4. The number of likely N-dealkylation sites (tertiary alicyclic amines) is 1. The van der Waals surface area contributed by atoms with Crippen LogP contribution in [-0.2, 0) is 0 Å². The molecule has 1 N–H and O–H groups in total. The second kappa shape index (κ2) is 7.00. The van der Waals surface area contributed by atoms with E-state index in [0.29, 0.717) is 11.5 Å². The number of nitrogens with one attached hydrogen (secondary N) is 1. The van der Waals surface area contributed by atoms with Crippen molar-refractivity contribution in [2.75, 3.05) is 20.1 Å².